The van der Waals surface area contributed by atoms with Gasteiger partial charge in [-0.1, -0.05) is 36.4 Å². The minimum absolute atomic E-state index is 0. The molecule has 2 atom stereocenters. The smallest absolute Gasteiger partial charge is 0.123 e. The zero-order valence-corrected chi connectivity index (χ0v) is 14.7. The zero-order chi connectivity index (χ0) is 15.3. The second-order valence-electron chi connectivity index (χ2n) is 7.27. The monoisotopic (exact) mass is 329 g/mol. The molecule has 2 aromatic carbocycles. The van der Waals surface area contributed by atoms with Gasteiger partial charge in [0.05, 0.1) is 6.04 Å². The molecule has 2 heterocycles. The number of halogens is 1. The van der Waals surface area contributed by atoms with Gasteiger partial charge in [0.15, 0.2) is 0 Å². The number of hydrogen-bond acceptors (Lipinski definition) is 2. The van der Waals surface area contributed by atoms with E-state index in [0.717, 1.165) is 18.6 Å². The molecule has 122 valence electrons. The molecule has 1 N–H and O–H groups in total. The van der Waals surface area contributed by atoms with E-state index in [0.29, 0.717) is 6.04 Å². The Bertz CT molecular complexity index is 711. The summed E-state index contributed by atoms with van der Waals surface area (Å²) in [6.45, 7) is 6.62. The predicted molar refractivity (Wildman–Crippen MR) is 96.7 cm³/mol. The van der Waals surface area contributed by atoms with Crippen LogP contribution in [0.5, 0.6) is 5.75 Å². The number of hydrogen-bond donors (Lipinski definition) is 1. The van der Waals surface area contributed by atoms with Crippen molar-refractivity contribution in [1.82, 2.24) is 5.32 Å². The van der Waals surface area contributed by atoms with Gasteiger partial charge in [0.2, 0.25) is 0 Å². The number of benzene rings is 2. The minimum Gasteiger partial charge on any atom is -0.487 e. The van der Waals surface area contributed by atoms with E-state index in [2.05, 4.69) is 68.6 Å². The van der Waals surface area contributed by atoms with E-state index < -0.39 is 0 Å². The molecule has 23 heavy (non-hydrogen) atoms. The van der Waals surface area contributed by atoms with E-state index in [1.54, 1.807) is 0 Å². The van der Waals surface area contributed by atoms with Gasteiger partial charge in [-0.25, -0.2) is 0 Å². The van der Waals surface area contributed by atoms with E-state index in [9.17, 15) is 0 Å². The maximum Gasteiger partial charge on any atom is 0.123 e. The minimum atomic E-state index is -0.0955. The molecule has 2 nitrogen and oxygen atoms in total. The fourth-order valence-electron chi connectivity index (χ4n) is 3.93. The molecule has 3 heteroatoms. The number of nitrogens with one attached hydrogen (secondary N) is 1. The van der Waals surface area contributed by atoms with Crippen molar-refractivity contribution >= 4 is 12.4 Å². The normalized spacial score (nSPS) is 24.1. The van der Waals surface area contributed by atoms with E-state index in [1.807, 2.05) is 0 Å². The average Bonchev–Trinajstić information content (AvgIpc) is 2.81. The number of ether oxygens (including phenoxy) is 1. The third-order valence-electron chi connectivity index (χ3n) is 4.79. The van der Waals surface area contributed by atoms with Crippen LogP contribution in [-0.2, 0) is 12.8 Å². The summed E-state index contributed by atoms with van der Waals surface area (Å²) >= 11 is 0. The van der Waals surface area contributed by atoms with Crippen LogP contribution < -0.4 is 10.1 Å². The van der Waals surface area contributed by atoms with Gasteiger partial charge in [0.1, 0.15) is 11.4 Å². The molecule has 2 aromatic rings. The van der Waals surface area contributed by atoms with Crippen molar-refractivity contribution in [2.24, 2.45) is 0 Å². The molecule has 0 bridgehead atoms. The summed E-state index contributed by atoms with van der Waals surface area (Å²) < 4.78 is 6.14. The summed E-state index contributed by atoms with van der Waals surface area (Å²) in [5, 5.41) is 3.79. The Kier molecular flexibility index (Phi) is 4.16. The molecular formula is C20H24ClNO. The van der Waals surface area contributed by atoms with Gasteiger partial charge >= 0.3 is 0 Å². The van der Waals surface area contributed by atoms with Crippen LogP contribution in [0.15, 0.2) is 42.5 Å². The first kappa shape index (κ1) is 16.4. The molecule has 0 fully saturated rings. The SMILES string of the molecule is CC1Cc2ccc3c(c2C(c2ccccc2)N1)CC(C)(C)O3.Cl. The molecule has 0 saturated heterocycles. The summed E-state index contributed by atoms with van der Waals surface area (Å²) in [7, 11) is 0. The Morgan fingerprint density at radius 1 is 1.09 bits per heavy atom. The van der Waals surface area contributed by atoms with Crippen molar-refractivity contribution in [1.29, 1.82) is 0 Å². The molecule has 2 aliphatic rings. The Labute approximate surface area is 144 Å². The van der Waals surface area contributed by atoms with Gasteiger partial charge in [-0.15, -0.1) is 12.4 Å². The Morgan fingerprint density at radius 3 is 2.57 bits per heavy atom. The highest BCUT2D eigenvalue weighted by atomic mass is 35.5. The van der Waals surface area contributed by atoms with Crippen LogP contribution in [0.25, 0.3) is 0 Å². The van der Waals surface area contributed by atoms with E-state index >= 15 is 0 Å². The van der Waals surface area contributed by atoms with Crippen LogP contribution in [0.1, 0.15) is 49.1 Å². The first-order valence-electron chi connectivity index (χ1n) is 8.18. The fraction of sp³-hybridized carbons (Fsp3) is 0.400. The van der Waals surface area contributed by atoms with Crippen molar-refractivity contribution in [2.75, 3.05) is 0 Å². The standard InChI is InChI=1S/C20H23NO.ClH/c1-13-11-15-9-10-17-16(12-20(2,3)22-17)18(15)19(21-13)14-7-5-4-6-8-14;/h4-10,13,19,21H,11-12H2,1-3H3;1H. The van der Waals surface area contributed by atoms with Crippen LogP contribution >= 0.6 is 12.4 Å². The summed E-state index contributed by atoms with van der Waals surface area (Å²) in [5.74, 6) is 1.07. The topological polar surface area (TPSA) is 21.3 Å². The zero-order valence-electron chi connectivity index (χ0n) is 13.9. The van der Waals surface area contributed by atoms with Crippen LogP contribution in [0.3, 0.4) is 0 Å². The van der Waals surface area contributed by atoms with E-state index in [-0.39, 0.29) is 24.0 Å². The first-order chi connectivity index (χ1) is 10.5. The van der Waals surface area contributed by atoms with Gasteiger partial charge < -0.3 is 10.1 Å². The lowest BCUT2D eigenvalue weighted by molar-refractivity contribution is 0.138. The molecule has 0 aliphatic carbocycles. The summed E-state index contributed by atoms with van der Waals surface area (Å²) in [6, 6.07) is 16.0. The van der Waals surface area contributed by atoms with Crippen LogP contribution in [0, 0.1) is 0 Å². The van der Waals surface area contributed by atoms with Crippen molar-refractivity contribution in [3.05, 3.63) is 64.7 Å². The molecule has 0 radical (unpaired) electrons. The van der Waals surface area contributed by atoms with Crippen LogP contribution in [0.2, 0.25) is 0 Å². The first-order valence-corrected chi connectivity index (χ1v) is 8.18. The maximum absolute atomic E-state index is 6.14. The average molecular weight is 330 g/mol. The molecule has 0 saturated carbocycles. The molecule has 2 aliphatic heterocycles. The number of fused-ring (bicyclic) bond motifs is 3. The maximum atomic E-state index is 6.14. The molecule has 4 rings (SSSR count). The fourth-order valence-corrected chi connectivity index (χ4v) is 3.93. The third-order valence-corrected chi connectivity index (χ3v) is 4.79. The molecule has 0 aromatic heterocycles. The van der Waals surface area contributed by atoms with Crippen molar-refractivity contribution in [2.45, 2.75) is 51.3 Å². The van der Waals surface area contributed by atoms with Crippen LogP contribution in [-0.4, -0.2) is 11.6 Å². The quantitative estimate of drug-likeness (QED) is 0.834. The van der Waals surface area contributed by atoms with Gasteiger partial charge in [0, 0.05) is 18.0 Å². The highest BCUT2D eigenvalue weighted by Gasteiger charge is 2.36. The van der Waals surface area contributed by atoms with E-state index in [1.165, 1.54) is 22.3 Å². The second-order valence-corrected chi connectivity index (χ2v) is 7.27. The van der Waals surface area contributed by atoms with Gasteiger partial charge in [-0.2, -0.15) is 0 Å². The lowest BCUT2D eigenvalue weighted by Crippen LogP contribution is -2.38. The highest BCUT2D eigenvalue weighted by molar-refractivity contribution is 5.85. The van der Waals surface area contributed by atoms with Crippen molar-refractivity contribution in [3.8, 4) is 5.75 Å². The molecule has 0 spiro atoms. The van der Waals surface area contributed by atoms with Gasteiger partial charge in [-0.3, -0.25) is 0 Å². The highest BCUT2D eigenvalue weighted by Crippen LogP contribution is 2.43. The summed E-state index contributed by atoms with van der Waals surface area (Å²) in [5.41, 5.74) is 5.57. The predicted octanol–water partition coefficient (Wildman–Crippen LogP) is 4.45. The van der Waals surface area contributed by atoms with Crippen molar-refractivity contribution < 1.29 is 4.74 Å². The van der Waals surface area contributed by atoms with Gasteiger partial charge in [-0.05, 0) is 49.9 Å². The van der Waals surface area contributed by atoms with E-state index in [4.69, 9.17) is 4.74 Å². The van der Waals surface area contributed by atoms with Crippen LogP contribution in [0.4, 0.5) is 0 Å². The Morgan fingerprint density at radius 2 is 1.83 bits per heavy atom. The third kappa shape index (κ3) is 2.86. The lowest BCUT2D eigenvalue weighted by atomic mass is 9.82. The summed E-state index contributed by atoms with van der Waals surface area (Å²) in [4.78, 5) is 0. The largest absolute Gasteiger partial charge is 0.487 e. The summed E-state index contributed by atoms with van der Waals surface area (Å²) in [6.07, 6.45) is 2.08. The molecular weight excluding hydrogens is 306 g/mol. The van der Waals surface area contributed by atoms with Gasteiger partial charge in [0.25, 0.3) is 0 Å². The molecule has 2 unspecified atom stereocenters. The molecule has 0 amide bonds. The Balaban J connectivity index is 0.00000156. The second kappa shape index (κ2) is 5.85. The van der Waals surface area contributed by atoms with Crippen molar-refractivity contribution in [3.63, 3.8) is 0 Å². The number of rotatable bonds is 1. The Hall–Kier alpha value is -1.51. The lowest BCUT2D eigenvalue weighted by Gasteiger charge is -2.33.